The Bertz CT molecular complexity index is 593. The first-order valence-electron chi connectivity index (χ1n) is 5.91. The summed E-state index contributed by atoms with van der Waals surface area (Å²) in [5.41, 5.74) is 1.56. The quantitative estimate of drug-likeness (QED) is 0.784. The lowest BCUT2D eigenvalue weighted by Gasteiger charge is -2.08. The van der Waals surface area contributed by atoms with Crippen LogP contribution in [-0.4, -0.2) is 34.7 Å². The molecule has 0 radical (unpaired) electrons. The molecule has 2 rings (SSSR count). The predicted molar refractivity (Wildman–Crippen MR) is 68.6 cm³/mol. The van der Waals surface area contributed by atoms with Gasteiger partial charge >= 0.3 is 5.97 Å². The molecule has 0 atom stereocenters. The highest BCUT2D eigenvalue weighted by Gasteiger charge is 2.19. The number of esters is 1. The Kier molecular flexibility index (Phi) is 3.79. The zero-order valence-corrected chi connectivity index (χ0v) is 11.1. The van der Waals surface area contributed by atoms with Crippen LogP contribution in [0, 0.1) is 6.92 Å². The largest absolute Gasteiger partial charge is 0.494 e. The lowest BCUT2D eigenvalue weighted by atomic mass is 10.2. The highest BCUT2D eigenvalue weighted by molar-refractivity contribution is 5.88. The van der Waals surface area contributed by atoms with Crippen LogP contribution >= 0.6 is 0 Å². The second-order valence-electron chi connectivity index (χ2n) is 3.83. The third kappa shape index (κ3) is 2.42. The van der Waals surface area contributed by atoms with Crippen LogP contribution in [0.4, 0.5) is 0 Å². The summed E-state index contributed by atoms with van der Waals surface area (Å²) in [4.78, 5) is 11.7. The summed E-state index contributed by atoms with van der Waals surface area (Å²) in [6.07, 6.45) is 0. The maximum absolute atomic E-state index is 11.7. The molecule has 6 nitrogen and oxygen atoms in total. The van der Waals surface area contributed by atoms with Crippen LogP contribution in [0.1, 0.15) is 23.1 Å². The lowest BCUT2D eigenvalue weighted by Crippen LogP contribution is -2.08. The van der Waals surface area contributed by atoms with Gasteiger partial charge in [-0.25, -0.2) is 9.48 Å². The second kappa shape index (κ2) is 5.51. The first-order valence-corrected chi connectivity index (χ1v) is 5.91. The van der Waals surface area contributed by atoms with Crippen molar-refractivity contribution in [2.24, 2.45) is 0 Å². The molecule has 0 bridgehead atoms. The Morgan fingerprint density at radius 1 is 1.37 bits per heavy atom. The molecule has 0 saturated carbocycles. The molecule has 0 aliphatic heterocycles. The molecule has 2 aromatic rings. The zero-order valence-electron chi connectivity index (χ0n) is 11.1. The fourth-order valence-electron chi connectivity index (χ4n) is 1.75. The first kappa shape index (κ1) is 13.1. The van der Waals surface area contributed by atoms with Gasteiger partial charge in [0, 0.05) is 0 Å². The highest BCUT2D eigenvalue weighted by Crippen LogP contribution is 2.23. The average Bonchev–Trinajstić information content (AvgIpc) is 2.80. The Morgan fingerprint density at radius 3 is 2.79 bits per heavy atom. The molecule has 0 aliphatic carbocycles. The van der Waals surface area contributed by atoms with Crippen molar-refractivity contribution < 1.29 is 14.3 Å². The molecule has 0 unspecified atom stereocenters. The molecule has 0 aliphatic rings. The van der Waals surface area contributed by atoms with Gasteiger partial charge in [-0.3, -0.25) is 0 Å². The first-order chi connectivity index (χ1) is 9.19. The van der Waals surface area contributed by atoms with Crippen molar-refractivity contribution in [3.63, 3.8) is 0 Å². The van der Waals surface area contributed by atoms with E-state index in [1.54, 1.807) is 25.6 Å². The molecule has 19 heavy (non-hydrogen) atoms. The van der Waals surface area contributed by atoms with E-state index in [0.29, 0.717) is 18.1 Å². The van der Waals surface area contributed by atoms with Crippen molar-refractivity contribution >= 4 is 5.97 Å². The van der Waals surface area contributed by atoms with Crippen molar-refractivity contribution in [3.8, 4) is 11.4 Å². The van der Waals surface area contributed by atoms with Gasteiger partial charge in [-0.1, -0.05) is 17.3 Å². The van der Waals surface area contributed by atoms with E-state index in [1.165, 1.54) is 0 Å². The van der Waals surface area contributed by atoms with Crippen LogP contribution in [0.5, 0.6) is 5.75 Å². The maximum Gasteiger partial charge on any atom is 0.360 e. The predicted octanol–water partition coefficient (Wildman–Crippen LogP) is 1.76. The third-order valence-electron chi connectivity index (χ3n) is 2.68. The van der Waals surface area contributed by atoms with Crippen LogP contribution < -0.4 is 4.74 Å². The Labute approximate surface area is 110 Å². The standard InChI is InChI=1S/C13H15N3O3/c1-4-19-13(17)12-9(2)16(15-14-12)10-7-5-6-8-11(10)18-3/h5-8H,4H2,1-3H3. The van der Waals surface area contributed by atoms with Crippen molar-refractivity contribution in [1.82, 2.24) is 15.0 Å². The van der Waals surface area contributed by atoms with Crippen LogP contribution in [-0.2, 0) is 4.74 Å². The van der Waals surface area contributed by atoms with Gasteiger partial charge in [0.05, 0.1) is 19.4 Å². The lowest BCUT2D eigenvalue weighted by molar-refractivity contribution is 0.0518. The number of rotatable bonds is 4. The number of carbonyl (C=O) groups excluding carboxylic acids is 1. The van der Waals surface area contributed by atoms with Crippen molar-refractivity contribution in [2.45, 2.75) is 13.8 Å². The molecule has 0 amide bonds. The molecule has 1 aromatic carbocycles. The number of benzene rings is 1. The summed E-state index contributed by atoms with van der Waals surface area (Å²) in [6, 6.07) is 7.39. The van der Waals surface area contributed by atoms with E-state index >= 15 is 0 Å². The number of hydrogen-bond acceptors (Lipinski definition) is 5. The van der Waals surface area contributed by atoms with Crippen LogP contribution in [0.2, 0.25) is 0 Å². The SMILES string of the molecule is CCOC(=O)c1nnn(-c2ccccc2OC)c1C. The molecule has 0 N–H and O–H groups in total. The molecular formula is C13H15N3O3. The van der Waals surface area contributed by atoms with Gasteiger partial charge in [-0.2, -0.15) is 0 Å². The van der Waals surface area contributed by atoms with E-state index in [2.05, 4.69) is 10.3 Å². The topological polar surface area (TPSA) is 66.2 Å². The van der Waals surface area contributed by atoms with Crippen LogP contribution in [0.25, 0.3) is 5.69 Å². The molecule has 6 heteroatoms. The number of ether oxygens (including phenoxy) is 2. The minimum absolute atomic E-state index is 0.216. The van der Waals surface area contributed by atoms with Crippen molar-refractivity contribution in [3.05, 3.63) is 35.7 Å². The summed E-state index contributed by atoms with van der Waals surface area (Å²) < 4.78 is 11.8. The summed E-state index contributed by atoms with van der Waals surface area (Å²) in [5, 5.41) is 7.85. The Hall–Kier alpha value is -2.37. The second-order valence-corrected chi connectivity index (χ2v) is 3.83. The minimum atomic E-state index is -0.471. The summed E-state index contributed by atoms with van der Waals surface area (Å²) in [7, 11) is 1.58. The summed E-state index contributed by atoms with van der Waals surface area (Å²) in [5.74, 6) is 0.187. The minimum Gasteiger partial charge on any atom is -0.494 e. The van der Waals surface area contributed by atoms with E-state index in [4.69, 9.17) is 9.47 Å². The Morgan fingerprint density at radius 2 is 2.11 bits per heavy atom. The van der Waals surface area contributed by atoms with Crippen molar-refractivity contribution in [1.29, 1.82) is 0 Å². The third-order valence-corrected chi connectivity index (χ3v) is 2.68. The van der Waals surface area contributed by atoms with Crippen LogP contribution in [0.15, 0.2) is 24.3 Å². The average molecular weight is 261 g/mol. The molecular weight excluding hydrogens is 246 g/mol. The maximum atomic E-state index is 11.7. The van der Waals surface area contributed by atoms with E-state index in [1.807, 2.05) is 24.3 Å². The summed E-state index contributed by atoms with van der Waals surface area (Å²) in [6.45, 7) is 3.82. The molecule has 1 heterocycles. The molecule has 0 fully saturated rings. The van der Waals surface area contributed by atoms with Gasteiger partial charge in [-0.15, -0.1) is 5.10 Å². The number of para-hydroxylation sites is 2. The van der Waals surface area contributed by atoms with E-state index in [0.717, 1.165) is 5.69 Å². The van der Waals surface area contributed by atoms with Gasteiger partial charge in [0.15, 0.2) is 5.69 Å². The van der Waals surface area contributed by atoms with Crippen molar-refractivity contribution in [2.75, 3.05) is 13.7 Å². The van der Waals surface area contributed by atoms with E-state index in [-0.39, 0.29) is 5.69 Å². The highest BCUT2D eigenvalue weighted by atomic mass is 16.5. The zero-order chi connectivity index (χ0) is 13.8. The van der Waals surface area contributed by atoms with Gasteiger partial charge in [-0.05, 0) is 26.0 Å². The number of carbonyl (C=O) groups is 1. The molecule has 0 saturated heterocycles. The molecule has 100 valence electrons. The monoisotopic (exact) mass is 261 g/mol. The molecule has 1 aromatic heterocycles. The van der Waals surface area contributed by atoms with E-state index in [9.17, 15) is 4.79 Å². The fraction of sp³-hybridized carbons (Fsp3) is 0.308. The Balaban J connectivity index is 2.44. The van der Waals surface area contributed by atoms with Gasteiger partial charge in [0.2, 0.25) is 0 Å². The van der Waals surface area contributed by atoms with Gasteiger partial charge < -0.3 is 9.47 Å². The smallest absolute Gasteiger partial charge is 0.360 e. The number of nitrogens with zero attached hydrogens (tertiary/aromatic N) is 3. The van der Waals surface area contributed by atoms with E-state index < -0.39 is 5.97 Å². The van der Waals surface area contributed by atoms with Gasteiger partial charge in [0.1, 0.15) is 11.4 Å². The number of aromatic nitrogens is 3. The number of methoxy groups -OCH3 is 1. The normalized spacial score (nSPS) is 10.3. The summed E-state index contributed by atoms with van der Waals surface area (Å²) >= 11 is 0. The number of hydrogen-bond donors (Lipinski definition) is 0. The van der Waals surface area contributed by atoms with Gasteiger partial charge in [0.25, 0.3) is 0 Å². The van der Waals surface area contributed by atoms with Crippen LogP contribution in [0.3, 0.4) is 0 Å². The molecule has 0 spiro atoms. The fourth-order valence-corrected chi connectivity index (χ4v) is 1.75.